The molecule has 0 bridgehead atoms. The fourth-order valence-corrected chi connectivity index (χ4v) is 4.33. The van der Waals surface area contributed by atoms with Crippen LogP contribution in [0.2, 0.25) is 0 Å². The molecule has 3 heterocycles. The number of aromatic amines is 1. The molecular formula is C16H22N5O8P. The number of aliphatic hydroxyl groups excluding tert-OH is 1. The molecule has 13 nitrogen and oxygen atoms in total. The highest BCUT2D eigenvalue weighted by molar-refractivity contribution is 7.61. The van der Waals surface area contributed by atoms with Gasteiger partial charge in [-0.25, -0.2) is 9.48 Å². The van der Waals surface area contributed by atoms with Gasteiger partial charge >= 0.3 is 13.3 Å². The molecule has 1 aliphatic rings. The molecule has 0 aromatic carbocycles. The molecule has 0 fully saturated rings. The number of nitrogens with one attached hydrogen (secondary N) is 1. The van der Waals surface area contributed by atoms with Crippen molar-refractivity contribution in [3.63, 3.8) is 0 Å². The molecule has 3 rings (SSSR count). The van der Waals surface area contributed by atoms with Crippen molar-refractivity contribution >= 4 is 13.0 Å². The summed E-state index contributed by atoms with van der Waals surface area (Å²) in [6.07, 6.45) is 0.555. The van der Waals surface area contributed by atoms with Crippen molar-refractivity contribution < 1.29 is 28.2 Å². The summed E-state index contributed by atoms with van der Waals surface area (Å²) in [4.78, 5) is 25.5. The molecule has 0 radical (unpaired) electrons. The summed E-state index contributed by atoms with van der Waals surface area (Å²) in [6.45, 7) is 3.57. The number of rotatable bonds is 9. The van der Waals surface area contributed by atoms with Crippen LogP contribution in [-0.4, -0.2) is 56.1 Å². The molecule has 0 saturated carbocycles. The van der Waals surface area contributed by atoms with Gasteiger partial charge < -0.3 is 23.6 Å². The fraction of sp³-hybridized carbons (Fsp3) is 0.500. The predicted molar refractivity (Wildman–Crippen MR) is 102 cm³/mol. The summed E-state index contributed by atoms with van der Waals surface area (Å²) in [5, 5.41) is 18.2. The van der Waals surface area contributed by atoms with Crippen LogP contribution in [0.1, 0.15) is 20.1 Å². The third-order valence-electron chi connectivity index (χ3n) is 4.17. The Balaban J connectivity index is 1.84. The molecule has 0 amide bonds. The maximum Gasteiger partial charge on any atom is 0.383 e. The van der Waals surface area contributed by atoms with E-state index in [0.717, 1.165) is 10.6 Å². The maximum atomic E-state index is 12.8. The first kappa shape index (κ1) is 22.0. The molecule has 2 N–H and O–H groups in total. The van der Waals surface area contributed by atoms with Gasteiger partial charge in [0, 0.05) is 19.4 Å². The van der Waals surface area contributed by atoms with E-state index in [-0.39, 0.29) is 36.7 Å². The molecular weight excluding hydrogens is 421 g/mol. The molecule has 0 saturated heterocycles. The van der Waals surface area contributed by atoms with Gasteiger partial charge in [0.1, 0.15) is 6.54 Å². The van der Waals surface area contributed by atoms with E-state index in [1.807, 2.05) is 0 Å². The summed E-state index contributed by atoms with van der Waals surface area (Å²) < 4.78 is 36.6. The Hall–Kier alpha value is -2.73. The number of hydrogen-bond acceptors (Lipinski definition) is 10. The van der Waals surface area contributed by atoms with E-state index in [1.165, 1.54) is 24.2 Å². The summed E-state index contributed by atoms with van der Waals surface area (Å²) in [5.41, 5.74) is -1.27. The van der Waals surface area contributed by atoms with Crippen LogP contribution < -0.4 is 16.7 Å². The third-order valence-corrected chi connectivity index (χ3v) is 6.13. The lowest BCUT2D eigenvalue weighted by atomic mass is 10.2. The first-order valence-electron chi connectivity index (χ1n) is 9.05. The number of allylic oxidation sites excluding steroid dienone is 1. The van der Waals surface area contributed by atoms with Crippen molar-refractivity contribution in [1.82, 2.24) is 24.5 Å². The second kappa shape index (κ2) is 8.96. The van der Waals surface area contributed by atoms with Gasteiger partial charge in [-0.2, -0.15) is 0 Å². The van der Waals surface area contributed by atoms with Gasteiger partial charge in [0.2, 0.25) is 6.23 Å². The van der Waals surface area contributed by atoms with Crippen molar-refractivity contribution in [3.8, 4) is 0 Å². The molecule has 14 heteroatoms. The average Bonchev–Trinajstić information content (AvgIpc) is 3.28. The molecule has 1 unspecified atom stereocenters. The number of methoxy groups -OCH3 is 1. The summed E-state index contributed by atoms with van der Waals surface area (Å²) in [7, 11) is -2.28. The highest BCUT2D eigenvalue weighted by Gasteiger charge is 2.39. The Labute approximate surface area is 170 Å². The summed E-state index contributed by atoms with van der Waals surface area (Å²) in [5.74, 6) is -0.195. The molecule has 0 spiro atoms. The molecule has 1 aliphatic heterocycles. The van der Waals surface area contributed by atoms with Gasteiger partial charge in [0.05, 0.1) is 19.4 Å². The minimum absolute atomic E-state index is 0.0148. The Morgan fingerprint density at radius 3 is 2.60 bits per heavy atom. The molecule has 164 valence electrons. The van der Waals surface area contributed by atoms with Gasteiger partial charge in [-0.15, -0.1) is 5.10 Å². The van der Waals surface area contributed by atoms with Gasteiger partial charge in [-0.1, -0.05) is 5.21 Å². The van der Waals surface area contributed by atoms with Crippen LogP contribution in [0, 0.1) is 0 Å². The van der Waals surface area contributed by atoms with E-state index in [0.29, 0.717) is 0 Å². The molecule has 2 aromatic rings. The van der Waals surface area contributed by atoms with Gasteiger partial charge in [0.25, 0.3) is 5.56 Å². The minimum Gasteiger partial charge on any atom is -0.506 e. The topological polar surface area (TPSA) is 160 Å². The zero-order chi connectivity index (χ0) is 21.9. The highest BCUT2D eigenvalue weighted by Crippen LogP contribution is 2.46. The van der Waals surface area contributed by atoms with Crippen LogP contribution in [0.4, 0.5) is 0 Å². The molecule has 2 atom stereocenters. The molecule has 2 aromatic heterocycles. The van der Waals surface area contributed by atoms with E-state index in [2.05, 4.69) is 15.3 Å². The Kier molecular flexibility index (Phi) is 6.56. The number of nitrogens with zero attached hydrogens (tertiary/aromatic N) is 4. The lowest BCUT2D eigenvalue weighted by Crippen LogP contribution is -2.36. The van der Waals surface area contributed by atoms with Gasteiger partial charge in [0.15, 0.2) is 23.1 Å². The standard InChI is InChI=1S/C16H22N5O8P/c1-4-27-30(25,28-5-2)12-9-20(19-18-12)8-10-13(23)14(26-3)15(29-10)21-7-6-11(22)17-16(21)24/h6-7,9,14-15,23H,4-5,8H2,1-3H3,(H,17,22,24)/t14?,15-/m1/s1. The number of ether oxygens (including phenoxy) is 2. The monoisotopic (exact) mass is 443 g/mol. The SMILES string of the molecule is CCOP(=O)(OCC)c1cn(CC2=C(O)C(OC)[C@H](n3ccc(=O)[nH]c3=O)O2)nn1. The van der Waals surface area contributed by atoms with Crippen molar-refractivity contribution in [3.05, 3.63) is 50.8 Å². The maximum absolute atomic E-state index is 12.8. The third kappa shape index (κ3) is 4.24. The predicted octanol–water partition coefficient (Wildman–Crippen LogP) is 0.0331. The van der Waals surface area contributed by atoms with Crippen molar-refractivity contribution in [2.24, 2.45) is 0 Å². The van der Waals surface area contributed by atoms with Crippen molar-refractivity contribution in [1.29, 1.82) is 0 Å². The van der Waals surface area contributed by atoms with E-state index < -0.39 is 31.2 Å². The number of H-pyrrole nitrogens is 1. The normalized spacial score (nSPS) is 19.3. The smallest absolute Gasteiger partial charge is 0.383 e. The van der Waals surface area contributed by atoms with E-state index in [9.17, 15) is 19.3 Å². The van der Waals surface area contributed by atoms with E-state index >= 15 is 0 Å². The molecule has 30 heavy (non-hydrogen) atoms. The first-order chi connectivity index (χ1) is 14.3. The Bertz CT molecular complexity index is 1080. The van der Waals surface area contributed by atoms with Crippen LogP contribution in [0.5, 0.6) is 0 Å². The van der Waals surface area contributed by atoms with Crippen LogP contribution in [0.15, 0.2) is 39.6 Å². The fourth-order valence-electron chi connectivity index (χ4n) is 2.89. The summed E-state index contributed by atoms with van der Waals surface area (Å²) in [6, 6.07) is 1.15. The second-order valence-electron chi connectivity index (χ2n) is 6.10. The Morgan fingerprint density at radius 1 is 1.30 bits per heavy atom. The zero-order valence-corrected chi connectivity index (χ0v) is 17.4. The second-order valence-corrected chi connectivity index (χ2v) is 8.07. The number of aromatic nitrogens is 5. The van der Waals surface area contributed by atoms with Crippen molar-refractivity contribution in [2.45, 2.75) is 32.7 Å². The zero-order valence-electron chi connectivity index (χ0n) is 16.5. The highest BCUT2D eigenvalue weighted by atomic mass is 31.2. The quantitative estimate of drug-likeness (QED) is 0.506. The minimum atomic E-state index is -3.62. The number of hydrogen-bond donors (Lipinski definition) is 2. The van der Waals surface area contributed by atoms with Gasteiger partial charge in [-0.05, 0) is 13.8 Å². The van der Waals surface area contributed by atoms with Crippen molar-refractivity contribution in [2.75, 3.05) is 20.3 Å². The van der Waals surface area contributed by atoms with Gasteiger partial charge in [-0.3, -0.25) is 18.9 Å². The lowest BCUT2D eigenvalue weighted by molar-refractivity contribution is -0.0353. The van der Waals surface area contributed by atoms with E-state index in [1.54, 1.807) is 13.8 Å². The first-order valence-corrected chi connectivity index (χ1v) is 10.6. The Morgan fingerprint density at radius 2 is 2.00 bits per heavy atom. The van der Waals surface area contributed by atoms with Crippen LogP contribution in [0.3, 0.4) is 0 Å². The summed E-state index contributed by atoms with van der Waals surface area (Å²) >= 11 is 0. The largest absolute Gasteiger partial charge is 0.506 e. The van der Waals surface area contributed by atoms with E-state index in [4.69, 9.17) is 18.5 Å². The lowest BCUT2D eigenvalue weighted by Gasteiger charge is -2.19. The van der Waals surface area contributed by atoms with Crippen LogP contribution in [-0.2, 0) is 29.6 Å². The number of aliphatic hydroxyl groups is 1. The average molecular weight is 443 g/mol. The van der Waals surface area contributed by atoms with Crippen LogP contribution in [0.25, 0.3) is 0 Å². The van der Waals surface area contributed by atoms with Crippen LogP contribution >= 0.6 is 7.60 Å². The molecule has 0 aliphatic carbocycles.